The summed E-state index contributed by atoms with van der Waals surface area (Å²) in [5.74, 6) is 0.357. The van der Waals surface area contributed by atoms with E-state index in [9.17, 15) is 9.59 Å². The predicted molar refractivity (Wildman–Crippen MR) is 167 cm³/mol. The van der Waals surface area contributed by atoms with Crippen molar-refractivity contribution in [1.82, 2.24) is 5.32 Å². The molecule has 5 aromatic carbocycles. The molecule has 1 atom stereocenters. The van der Waals surface area contributed by atoms with Crippen molar-refractivity contribution in [3.63, 3.8) is 0 Å². The topological polar surface area (TPSA) is 73.9 Å². The van der Waals surface area contributed by atoms with Crippen LogP contribution in [0.1, 0.15) is 27.0 Å². The Morgan fingerprint density at radius 3 is 1.86 bits per heavy atom. The number of esters is 1. The number of amides is 1. The van der Waals surface area contributed by atoms with E-state index in [0.717, 1.165) is 33.6 Å². The van der Waals surface area contributed by atoms with Crippen LogP contribution in [0, 0.1) is 0 Å². The first kappa shape index (κ1) is 29.1. The molecule has 0 bridgehead atoms. The van der Waals surface area contributed by atoms with Gasteiger partial charge in [0, 0.05) is 12.0 Å². The maximum absolute atomic E-state index is 13.1. The van der Waals surface area contributed by atoms with Crippen LogP contribution in [0.3, 0.4) is 0 Å². The van der Waals surface area contributed by atoms with Crippen molar-refractivity contribution in [2.24, 2.45) is 0 Å². The van der Waals surface area contributed by atoms with Crippen LogP contribution in [-0.2, 0) is 29.2 Å². The zero-order chi connectivity index (χ0) is 29.9. The molecule has 0 aliphatic rings. The largest absolute Gasteiger partial charge is 0.489 e. The van der Waals surface area contributed by atoms with Crippen molar-refractivity contribution in [2.45, 2.75) is 25.7 Å². The van der Waals surface area contributed by atoms with Crippen LogP contribution in [0.5, 0.6) is 11.5 Å². The van der Waals surface area contributed by atoms with Gasteiger partial charge in [-0.25, -0.2) is 4.79 Å². The van der Waals surface area contributed by atoms with Crippen LogP contribution in [0.2, 0.25) is 0 Å². The molecule has 0 saturated carbocycles. The van der Waals surface area contributed by atoms with E-state index in [4.69, 9.17) is 14.2 Å². The highest BCUT2D eigenvalue weighted by Gasteiger charge is 2.23. The van der Waals surface area contributed by atoms with Gasteiger partial charge in [0.2, 0.25) is 0 Å². The molecule has 0 fully saturated rings. The second kappa shape index (κ2) is 14.5. The number of rotatable bonds is 12. The number of hydrogen-bond acceptors (Lipinski definition) is 5. The Morgan fingerprint density at radius 2 is 1.19 bits per heavy atom. The van der Waals surface area contributed by atoms with E-state index in [1.165, 1.54) is 7.11 Å². The third-order valence-electron chi connectivity index (χ3n) is 6.97. The lowest BCUT2D eigenvalue weighted by Crippen LogP contribution is -2.43. The highest BCUT2D eigenvalue weighted by molar-refractivity contribution is 5.97. The summed E-state index contributed by atoms with van der Waals surface area (Å²) in [7, 11) is 1.31. The fraction of sp³-hybridized carbons (Fsp3) is 0.135. The van der Waals surface area contributed by atoms with Gasteiger partial charge >= 0.3 is 5.97 Å². The fourth-order valence-corrected chi connectivity index (χ4v) is 4.59. The monoisotopic (exact) mass is 571 g/mol. The highest BCUT2D eigenvalue weighted by Crippen LogP contribution is 2.21. The van der Waals surface area contributed by atoms with E-state index in [1.807, 2.05) is 84.9 Å². The Kier molecular flexibility index (Phi) is 9.83. The molecule has 5 rings (SSSR count). The average molecular weight is 572 g/mol. The number of carbonyl (C=O) groups is 2. The van der Waals surface area contributed by atoms with Gasteiger partial charge in [0.15, 0.2) is 0 Å². The first-order valence-electron chi connectivity index (χ1n) is 14.1. The van der Waals surface area contributed by atoms with Gasteiger partial charge in [0.25, 0.3) is 5.91 Å². The minimum absolute atomic E-state index is 0.270. The summed E-state index contributed by atoms with van der Waals surface area (Å²) in [6.07, 6.45) is 0.270. The van der Waals surface area contributed by atoms with Crippen LogP contribution in [0.4, 0.5) is 0 Å². The molecule has 6 nitrogen and oxygen atoms in total. The minimum atomic E-state index is -0.860. The van der Waals surface area contributed by atoms with E-state index >= 15 is 0 Å². The lowest BCUT2D eigenvalue weighted by atomic mass is 10.0. The first-order valence-corrected chi connectivity index (χ1v) is 14.1. The highest BCUT2D eigenvalue weighted by atomic mass is 16.5. The number of carbonyl (C=O) groups excluding carboxylic acids is 2. The number of hydrogen-bond donors (Lipinski definition) is 1. The van der Waals surface area contributed by atoms with Crippen LogP contribution < -0.4 is 14.8 Å². The normalized spacial score (nSPS) is 11.3. The average Bonchev–Trinajstić information content (AvgIpc) is 3.07. The summed E-state index contributed by atoms with van der Waals surface area (Å²) in [6.45, 7) is 0.820. The molecule has 43 heavy (non-hydrogen) atoms. The Labute approximate surface area is 251 Å². The van der Waals surface area contributed by atoms with Gasteiger partial charge in [0.05, 0.1) is 7.11 Å². The van der Waals surface area contributed by atoms with Crippen molar-refractivity contribution < 1.29 is 23.8 Å². The molecule has 0 saturated heterocycles. The number of nitrogens with one attached hydrogen (secondary N) is 1. The van der Waals surface area contributed by atoms with Crippen molar-refractivity contribution in [2.75, 3.05) is 7.11 Å². The molecule has 1 amide bonds. The zero-order valence-corrected chi connectivity index (χ0v) is 23.9. The summed E-state index contributed by atoms with van der Waals surface area (Å²) >= 11 is 0. The standard InChI is InChI=1S/C37H33NO5/c1-41-37(40)35(23-27-17-21-33(22-18-27)42-25-28-9-4-2-5-10-28)38-36(39)32-13-8-14-34(24-32)43-26-29-15-19-31(20-16-29)30-11-6-3-7-12-30/h2-22,24,35H,23,25-26H2,1H3,(H,38,39). The summed E-state index contributed by atoms with van der Waals surface area (Å²) < 4.78 is 16.8. The van der Waals surface area contributed by atoms with E-state index in [2.05, 4.69) is 29.6 Å². The number of benzene rings is 5. The molecule has 0 aromatic heterocycles. The Balaban J connectivity index is 1.17. The molecule has 0 spiro atoms. The Morgan fingerprint density at radius 1 is 0.605 bits per heavy atom. The van der Waals surface area contributed by atoms with E-state index < -0.39 is 17.9 Å². The van der Waals surface area contributed by atoms with Crippen LogP contribution in [0.15, 0.2) is 133 Å². The van der Waals surface area contributed by atoms with Crippen LogP contribution in [0.25, 0.3) is 11.1 Å². The molecule has 0 aliphatic carbocycles. The molecule has 0 radical (unpaired) electrons. The van der Waals surface area contributed by atoms with Gasteiger partial charge in [-0.1, -0.05) is 103 Å². The summed E-state index contributed by atoms with van der Waals surface area (Å²) in [5.41, 5.74) is 5.62. The maximum atomic E-state index is 13.1. The zero-order valence-electron chi connectivity index (χ0n) is 23.9. The quantitative estimate of drug-likeness (QED) is 0.163. The van der Waals surface area contributed by atoms with Crippen molar-refractivity contribution >= 4 is 11.9 Å². The van der Waals surface area contributed by atoms with Gasteiger partial charge in [-0.15, -0.1) is 0 Å². The lowest BCUT2D eigenvalue weighted by Gasteiger charge is -2.17. The van der Waals surface area contributed by atoms with Crippen LogP contribution >= 0.6 is 0 Å². The van der Waals surface area contributed by atoms with E-state index in [1.54, 1.807) is 24.3 Å². The van der Waals surface area contributed by atoms with Crippen molar-refractivity contribution in [1.29, 1.82) is 0 Å². The Bertz CT molecular complexity index is 1620. The van der Waals surface area contributed by atoms with Crippen molar-refractivity contribution in [3.8, 4) is 22.6 Å². The van der Waals surface area contributed by atoms with E-state index in [-0.39, 0.29) is 6.42 Å². The second-order valence-corrected chi connectivity index (χ2v) is 10.1. The Hall–Kier alpha value is -5.36. The van der Waals surface area contributed by atoms with E-state index in [0.29, 0.717) is 24.5 Å². The van der Waals surface area contributed by atoms with Crippen molar-refractivity contribution in [3.05, 3.63) is 156 Å². The van der Waals surface area contributed by atoms with Gasteiger partial charge in [0.1, 0.15) is 30.8 Å². The molecule has 216 valence electrons. The summed E-state index contributed by atoms with van der Waals surface area (Å²) in [5, 5.41) is 2.82. The second-order valence-electron chi connectivity index (χ2n) is 10.1. The number of ether oxygens (including phenoxy) is 3. The molecule has 1 unspecified atom stereocenters. The first-order chi connectivity index (χ1) is 21.1. The third kappa shape index (κ3) is 8.33. The van der Waals surface area contributed by atoms with Gasteiger partial charge < -0.3 is 19.5 Å². The molecule has 5 aromatic rings. The van der Waals surface area contributed by atoms with Gasteiger partial charge in [-0.05, 0) is 58.1 Å². The molecular formula is C37H33NO5. The van der Waals surface area contributed by atoms with Gasteiger partial charge in [-0.3, -0.25) is 4.79 Å². The summed E-state index contributed by atoms with van der Waals surface area (Å²) in [4.78, 5) is 25.7. The third-order valence-corrected chi connectivity index (χ3v) is 6.97. The SMILES string of the molecule is COC(=O)C(Cc1ccc(OCc2ccccc2)cc1)NC(=O)c1cccc(OCc2ccc(-c3ccccc3)cc2)c1. The summed E-state index contributed by atoms with van der Waals surface area (Å²) in [6, 6.07) is 41.8. The fourth-order valence-electron chi connectivity index (χ4n) is 4.59. The predicted octanol–water partition coefficient (Wildman–Crippen LogP) is 7.03. The molecule has 1 N–H and O–H groups in total. The molecular weight excluding hydrogens is 538 g/mol. The molecule has 6 heteroatoms. The lowest BCUT2D eigenvalue weighted by molar-refractivity contribution is -0.142. The smallest absolute Gasteiger partial charge is 0.328 e. The number of methoxy groups -OCH3 is 1. The molecule has 0 heterocycles. The molecule has 0 aliphatic heterocycles. The van der Waals surface area contributed by atoms with Gasteiger partial charge in [-0.2, -0.15) is 0 Å². The maximum Gasteiger partial charge on any atom is 0.328 e. The minimum Gasteiger partial charge on any atom is -0.489 e. The van der Waals surface area contributed by atoms with Crippen LogP contribution in [-0.4, -0.2) is 25.0 Å².